The van der Waals surface area contributed by atoms with Crippen LogP contribution in [0.4, 0.5) is 51.2 Å². The lowest BCUT2D eigenvalue weighted by molar-refractivity contribution is 0.590. The molecule has 0 radical (unpaired) electrons. The second kappa shape index (κ2) is 25.8. The Bertz CT molecular complexity index is 7580. The fourth-order valence-electron chi connectivity index (χ4n) is 17.4. The highest BCUT2D eigenvalue weighted by Gasteiger charge is 2.47. The lowest BCUT2D eigenvalue weighted by Gasteiger charge is -2.46. The monoisotopic (exact) mass is 1470 g/mol. The van der Waals surface area contributed by atoms with E-state index in [2.05, 4.69) is 121 Å². The van der Waals surface area contributed by atoms with Crippen LogP contribution in [0.15, 0.2) is 363 Å². The Morgan fingerprint density at radius 1 is 0.292 bits per heavy atom. The van der Waals surface area contributed by atoms with Crippen LogP contribution in [0.1, 0.15) is 108 Å². The van der Waals surface area contributed by atoms with Crippen molar-refractivity contribution in [3.05, 3.63) is 386 Å². The van der Waals surface area contributed by atoms with Crippen molar-refractivity contribution in [2.75, 3.05) is 14.7 Å². The molecule has 5 nitrogen and oxygen atoms in total. The fourth-order valence-corrected chi connectivity index (χ4v) is 17.4. The summed E-state index contributed by atoms with van der Waals surface area (Å²) in [5.41, 5.74) is 8.33. The first-order valence-corrected chi connectivity index (χ1v) is 38.1. The summed E-state index contributed by atoms with van der Waals surface area (Å²) in [4.78, 5) is 6.06. The zero-order chi connectivity index (χ0) is 95.3. The van der Waals surface area contributed by atoms with Gasteiger partial charge in [-0.25, -0.2) is 0 Å². The van der Waals surface area contributed by atoms with E-state index in [1.165, 1.54) is 0 Å². The minimum atomic E-state index is -1.71. The molecule has 113 heavy (non-hydrogen) atoms. The standard InChI is InChI=1S/C107H84BN5/c1-105(2,3)75-63-84(69-34-14-9-15-35-69)103(85(64-75)70-36-16-10-17-37-70)112-98-67-78(110-92-49-29-24-44-80(92)81-45-25-30-50-93(81)110)55-57-90(98)108-91-58-56-79(111-94-51-31-26-46-82(94)83-47-27-32-52-95(83)111)68-99(91)113(104-86(71-38-18-11-19-39-71)65-76(106(4,5)6)66-87(104)72-40-20-12-21-41-72)101-62-74(61-100(112)102(101)108)73-54-59-97-89(60-73)107(7,8)88-48-28-33-53-96(88)109(97)77-42-22-13-23-43-77/h9-68H,1-8H3/i24D,25D,26D,27D,29D,30D,31D,32D,44D,45D,46D,47D,49D,50D,51D,52D,55D,56D,57D,58D,67D,68D. The Hall–Kier alpha value is -13.4. The summed E-state index contributed by atoms with van der Waals surface area (Å²) in [6.07, 6.45) is 0. The molecule has 5 heterocycles. The number of nitrogens with zero attached hydrogens (tertiary/aromatic N) is 5. The molecule has 0 N–H and O–H groups in total. The van der Waals surface area contributed by atoms with Crippen LogP contribution < -0.4 is 31.1 Å². The SMILES string of the molecule is [2H]c1c([2H])c(-n2c3c([2H])c([2H])c([2H])c([2H])c3c3c([2H])c([2H])c([2H])c([2H])c32)c([2H])c2c1B1c3c(cc(-c4ccc5c(c4)C(C)(C)c4ccccc4N5c4ccccc4)cc3N(c3c(-c4ccccc4)cc(C(C)(C)C)cc3-c3ccccc3)c3c([2H])c(-n4c5c([2H])c([2H])c([2H])c([2H])c5c5c([2H])c([2H])c([2H])c([2H])c54)c([2H])c([2H])c31)N2c1c(-c2ccccc2)cc(C(C)(C)C)cc1-c1ccccc1. The normalized spacial score (nSPS) is 16.2. The molecule has 540 valence electrons. The van der Waals surface area contributed by atoms with E-state index < -0.39 is 189 Å². The van der Waals surface area contributed by atoms with Crippen molar-refractivity contribution in [2.45, 2.75) is 71.6 Å². The third-order valence-electron chi connectivity index (χ3n) is 22.9. The maximum absolute atomic E-state index is 12.0. The van der Waals surface area contributed by atoms with Crippen molar-refractivity contribution in [3.63, 3.8) is 0 Å². The number of hydrogen-bond acceptors (Lipinski definition) is 3. The average Bonchev–Trinajstić information content (AvgIpc) is 1.43. The summed E-state index contributed by atoms with van der Waals surface area (Å²) in [6, 6.07) is 59.6. The van der Waals surface area contributed by atoms with Crippen molar-refractivity contribution < 1.29 is 30.2 Å². The molecule has 0 saturated heterocycles. The highest BCUT2D eigenvalue weighted by molar-refractivity contribution is 7.00. The smallest absolute Gasteiger partial charge is 0.252 e. The summed E-state index contributed by atoms with van der Waals surface area (Å²) in [6.45, 7) is 15.3. The maximum atomic E-state index is 12.0. The molecule has 3 aliphatic heterocycles. The van der Waals surface area contributed by atoms with Crippen LogP contribution in [0, 0.1) is 0 Å². The van der Waals surface area contributed by atoms with Crippen LogP contribution in [-0.4, -0.2) is 15.8 Å². The van der Waals surface area contributed by atoms with Gasteiger partial charge in [-0.3, -0.25) is 0 Å². The lowest BCUT2D eigenvalue weighted by atomic mass is 9.33. The number of benzene rings is 16. The molecule has 21 rings (SSSR count). The van der Waals surface area contributed by atoms with E-state index in [1.807, 2.05) is 180 Å². The van der Waals surface area contributed by atoms with E-state index in [0.717, 1.165) is 48.5 Å². The Morgan fingerprint density at radius 3 is 1.04 bits per heavy atom. The van der Waals surface area contributed by atoms with Crippen molar-refractivity contribution in [1.82, 2.24) is 9.13 Å². The van der Waals surface area contributed by atoms with Crippen molar-refractivity contribution in [3.8, 4) is 67.0 Å². The van der Waals surface area contributed by atoms with Crippen LogP contribution in [0.2, 0.25) is 0 Å². The van der Waals surface area contributed by atoms with E-state index in [1.54, 1.807) is 0 Å². The summed E-state index contributed by atoms with van der Waals surface area (Å²) in [5.74, 6) is 0. The third kappa shape index (κ3) is 10.7. The molecule has 18 aromatic rings. The summed E-state index contributed by atoms with van der Waals surface area (Å²) in [7, 11) is 0. The molecule has 2 aromatic heterocycles. The van der Waals surface area contributed by atoms with Gasteiger partial charge in [0.25, 0.3) is 6.71 Å². The second-order valence-electron chi connectivity index (χ2n) is 31.9. The molecule has 0 aliphatic carbocycles. The molecular formula is C107H84BN5. The second-order valence-corrected chi connectivity index (χ2v) is 31.9. The van der Waals surface area contributed by atoms with Crippen LogP contribution in [0.5, 0.6) is 0 Å². The predicted molar refractivity (Wildman–Crippen MR) is 481 cm³/mol. The minimum absolute atomic E-state index is 0.177. The van der Waals surface area contributed by atoms with E-state index >= 15 is 0 Å². The number of fused-ring (bicyclic) bond motifs is 12. The van der Waals surface area contributed by atoms with Gasteiger partial charge in [0.05, 0.1) is 75.0 Å². The van der Waals surface area contributed by atoms with Crippen LogP contribution in [0.25, 0.3) is 111 Å². The fraction of sp³-hybridized carbons (Fsp3) is 0.103. The van der Waals surface area contributed by atoms with Gasteiger partial charge in [-0.1, -0.05) is 304 Å². The van der Waals surface area contributed by atoms with Crippen LogP contribution in [-0.2, 0) is 16.2 Å². The highest BCUT2D eigenvalue weighted by Crippen LogP contribution is 2.58. The zero-order valence-electron chi connectivity index (χ0n) is 85.3. The van der Waals surface area contributed by atoms with Gasteiger partial charge in [0.15, 0.2) is 0 Å². The Morgan fingerprint density at radius 2 is 0.646 bits per heavy atom. The van der Waals surface area contributed by atoms with Gasteiger partial charge in [0, 0.05) is 89.0 Å². The molecule has 0 saturated carbocycles. The van der Waals surface area contributed by atoms with Crippen molar-refractivity contribution in [1.29, 1.82) is 0 Å². The molecule has 0 spiro atoms. The average molecular weight is 1470 g/mol. The summed E-state index contributed by atoms with van der Waals surface area (Å²) >= 11 is 0. The Balaban J connectivity index is 1.04. The first-order chi connectivity index (χ1) is 64.3. The van der Waals surface area contributed by atoms with E-state index in [9.17, 15) is 30.2 Å². The Kier molecular flexibility index (Phi) is 11.0. The van der Waals surface area contributed by atoms with Gasteiger partial charge in [0.1, 0.15) is 0 Å². The van der Waals surface area contributed by atoms with Gasteiger partial charge < -0.3 is 23.8 Å². The lowest BCUT2D eigenvalue weighted by Crippen LogP contribution is -2.61. The van der Waals surface area contributed by atoms with Gasteiger partial charge in [0.2, 0.25) is 0 Å². The minimum Gasteiger partial charge on any atom is -0.310 e. The van der Waals surface area contributed by atoms with Gasteiger partial charge in [-0.15, -0.1) is 0 Å². The van der Waals surface area contributed by atoms with Crippen LogP contribution in [0.3, 0.4) is 0 Å². The molecule has 16 aromatic carbocycles. The molecule has 0 atom stereocenters. The van der Waals surface area contributed by atoms with Gasteiger partial charge in [-0.2, -0.15) is 0 Å². The van der Waals surface area contributed by atoms with E-state index in [-0.39, 0.29) is 60.7 Å². The highest BCUT2D eigenvalue weighted by atomic mass is 15.2. The zero-order valence-corrected chi connectivity index (χ0v) is 63.3. The molecule has 0 unspecified atom stereocenters. The topological polar surface area (TPSA) is 19.6 Å². The van der Waals surface area contributed by atoms with Crippen molar-refractivity contribution >= 4 is 118 Å². The maximum Gasteiger partial charge on any atom is 0.252 e. The number of aromatic nitrogens is 2. The number of anilines is 9. The summed E-state index contributed by atoms with van der Waals surface area (Å²) < 4.78 is 226. The molecule has 6 heteroatoms. The third-order valence-corrected chi connectivity index (χ3v) is 22.9. The summed E-state index contributed by atoms with van der Waals surface area (Å²) in [5, 5.41) is -1.45. The van der Waals surface area contributed by atoms with Gasteiger partial charge in [-0.05, 0) is 198 Å². The number of rotatable bonds is 10. The number of para-hydroxylation sites is 6. The number of hydrogen-bond donors (Lipinski definition) is 0. The molecule has 0 fully saturated rings. The Labute approximate surface area is 693 Å². The van der Waals surface area contributed by atoms with E-state index in [4.69, 9.17) is 0 Å². The molecule has 0 amide bonds. The molecule has 3 aliphatic rings. The first-order valence-electron chi connectivity index (χ1n) is 49.1. The molecular weight excluding hydrogens is 1370 g/mol. The molecule has 0 bridgehead atoms. The first kappa shape index (κ1) is 48.3. The quantitative estimate of drug-likeness (QED) is 0.127. The van der Waals surface area contributed by atoms with Gasteiger partial charge >= 0.3 is 0 Å². The predicted octanol–water partition coefficient (Wildman–Crippen LogP) is 27.0. The van der Waals surface area contributed by atoms with Crippen LogP contribution >= 0.6 is 0 Å². The van der Waals surface area contributed by atoms with E-state index in [0.29, 0.717) is 67.0 Å². The largest absolute Gasteiger partial charge is 0.310 e. The van der Waals surface area contributed by atoms with Crippen molar-refractivity contribution in [2.24, 2.45) is 0 Å².